The van der Waals surface area contributed by atoms with Crippen molar-refractivity contribution in [1.29, 1.82) is 0 Å². The molecule has 0 radical (unpaired) electrons. The molecule has 1 aromatic heterocycles. The molecule has 1 atom stereocenters. The van der Waals surface area contributed by atoms with Gasteiger partial charge in [-0.15, -0.1) is 11.3 Å². The van der Waals surface area contributed by atoms with E-state index in [1.54, 1.807) is 11.3 Å². The van der Waals surface area contributed by atoms with E-state index in [2.05, 4.69) is 39.1 Å². The average Bonchev–Trinajstić information content (AvgIpc) is 2.30. The minimum atomic E-state index is 0.208. The van der Waals surface area contributed by atoms with E-state index in [4.69, 9.17) is 5.73 Å². The molecule has 0 amide bonds. The van der Waals surface area contributed by atoms with Crippen LogP contribution in [0.1, 0.15) is 43.7 Å². The van der Waals surface area contributed by atoms with Gasteiger partial charge in [0.25, 0.3) is 0 Å². The largest absolute Gasteiger partial charge is 0.323 e. The van der Waals surface area contributed by atoms with Crippen molar-refractivity contribution in [2.24, 2.45) is 11.1 Å². The highest BCUT2D eigenvalue weighted by Crippen LogP contribution is 2.31. The molecule has 0 saturated carbocycles. The molecule has 0 aliphatic heterocycles. The Hall–Kier alpha value is -0.340. The highest BCUT2D eigenvalue weighted by molar-refractivity contribution is 7.10. The van der Waals surface area contributed by atoms with Crippen molar-refractivity contribution in [3.8, 4) is 0 Å². The molecule has 0 unspecified atom stereocenters. The second kappa shape index (κ2) is 3.81. The second-order valence-corrected chi connectivity index (χ2v) is 5.79. The summed E-state index contributed by atoms with van der Waals surface area (Å²) in [5, 5.41) is 2.12. The maximum absolute atomic E-state index is 6.14. The van der Waals surface area contributed by atoms with Gasteiger partial charge in [0.1, 0.15) is 0 Å². The lowest BCUT2D eigenvalue weighted by Crippen LogP contribution is -2.18. The molecule has 13 heavy (non-hydrogen) atoms. The van der Waals surface area contributed by atoms with Crippen LogP contribution in [0.25, 0.3) is 0 Å². The van der Waals surface area contributed by atoms with Gasteiger partial charge in [-0.3, -0.25) is 0 Å². The molecular weight excluding hydrogens is 178 g/mol. The Bertz CT molecular complexity index is 270. The van der Waals surface area contributed by atoms with Crippen LogP contribution in [0.2, 0.25) is 0 Å². The average molecular weight is 197 g/mol. The predicted octanol–water partition coefficient (Wildman–Crippen LogP) is 3.49. The summed E-state index contributed by atoms with van der Waals surface area (Å²) in [6, 6.07) is 2.35. The molecule has 2 N–H and O–H groups in total. The van der Waals surface area contributed by atoms with Gasteiger partial charge in [-0.05, 0) is 35.8 Å². The van der Waals surface area contributed by atoms with E-state index in [1.807, 2.05) is 0 Å². The Kier molecular flexibility index (Phi) is 3.14. The Morgan fingerprint density at radius 2 is 2.08 bits per heavy atom. The SMILES string of the molecule is Cc1ccsc1[C@H](N)CC(C)(C)C. The van der Waals surface area contributed by atoms with Crippen LogP contribution in [0.4, 0.5) is 0 Å². The quantitative estimate of drug-likeness (QED) is 0.771. The molecule has 0 fully saturated rings. The van der Waals surface area contributed by atoms with Gasteiger partial charge in [0.05, 0.1) is 0 Å². The van der Waals surface area contributed by atoms with E-state index in [0.29, 0.717) is 5.41 Å². The highest BCUT2D eigenvalue weighted by Gasteiger charge is 2.18. The highest BCUT2D eigenvalue weighted by atomic mass is 32.1. The van der Waals surface area contributed by atoms with E-state index < -0.39 is 0 Å². The zero-order valence-electron chi connectivity index (χ0n) is 8.92. The van der Waals surface area contributed by atoms with Gasteiger partial charge in [0, 0.05) is 10.9 Å². The number of rotatable bonds is 2. The third-order valence-corrected chi connectivity index (χ3v) is 3.22. The lowest BCUT2D eigenvalue weighted by molar-refractivity contribution is 0.344. The summed E-state index contributed by atoms with van der Waals surface area (Å²) in [6.07, 6.45) is 1.05. The van der Waals surface area contributed by atoms with Gasteiger partial charge in [-0.1, -0.05) is 20.8 Å². The van der Waals surface area contributed by atoms with E-state index in [-0.39, 0.29) is 6.04 Å². The van der Waals surface area contributed by atoms with Crippen LogP contribution >= 0.6 is 11.3 Å². The molecule has 74 valence electrons. The molecule has 2 heteroatoms. The molecule has 0 spiro atoms. The third kappa shape index (κ3) is 3.12. The first-order valence-corrected chi connectivity index (χ1v) is 5.58. The molecule has 1 aromatic rings. The van der Waals surface area contributed by atoms with Gasteiger partial charge in [0.2, 0.25) is 0 Å². The van der Waals surface area contributed by atoms with E-state index in [0.717, 1.165) is 6.42 Å². The normalized spacial score (nSPS) is 14.5. The minimum absolute atomic E-state index is 0.208. The Labute approximate surface area is 85.0 Å². The van der Waals surface area contributed by atoms with E-state index >= 15 is 0 Å². The topological polar surface area (TPSA) is 26.0 Å². The number of aryl methyl sites for hydroxylation is 1. The zero-order chi connectivity index (χ0) is 10.1. The molecule has 0 saturated heterocycles. The maximum atomic E-state index is 6.14. The fraction of sp³-hybridized carbons (Fsp3) is 0.636. The van der Waals surface area contributed by atoms with Crippen LogP contribution in [-0.2, 0) is 0 Å². The Morgan fingerprint density at radius 1 is 1.46 bits per heavy atom. The first-order chi connectivity index (χ1) is 5.90. The summed E-state index contributed by atoms with van der Waals surface area (Å²) in [4.78, 5) is 1.34. The van der Waals surface area contributed by atoms with Crippen LogP contribution in [0.3, 0.4) is 0 Å². The van der Waals surface area contributed by atoms with Crippen molar-refractivity contribution in [1.82, 2.24) is 0 Å². The second-order valence-electron chi connectivity index (χ2n) is 4.84. The Morgan fingerprint density at radius 3 is 2.46 bits per heavy atom. The molecule has 0 aliphatic rings. The van der Waals surface area contributed by atoms with Crippen molar-refractivity contribution < 1.29 is 0 Å². The number of hydrogen-bond acceptors (Lipinski definition) is 2. The van der Waals surface area contributed by atoms with Crippen LogP contribution < -0.4 is 5.73 Å². The van der Waals surface area contributed by atoms with Gasteiger partial charge < -0.3 is 5.73 Å². The fourth-order valence-electron chi connectivity index (χ4n) is 1.52. The predicted molar refractivity (Wildman–Crippen MR) is 60.1 cm³/mol. The number of hydrogen-bond donors (Lipinski definition) is 1. The lowest BCUT2D eigenvalue weighted by atomic mass is 9.87. The van der Waals surface area contributed by atoms with E-state index in [9.17, 15) is 0 Å². The van der Waals surface area contributed by atoms with Crippen molar-refractivity contribution in [2.45, 2.75) is 40.2 Å². The third-order valence-electron chi connectivity index (χ3n) is 2.07. The van der Waals surface area contributed by atoms with Crippen molar-refractivity contribution in [3.05, 3.63) is 21.9 Å². The summed E-state index contributed by atoms with van der Waals surface area (Å²) >= 11 is 1.77. The molecule has 0 aromatic carbocycles. The van der Waals surface area contributed by atoms with Crippen molar-refractivity contribution >= 4 is 11.3 Å². The van der Waals surface area contributed by atoms with E-state index in [1.165, 1.54) is 10.4 Å². The molecule has 0 bridgehead atoms. The first-order valence-electron chi connectivity index (χ1n) is 4.70. The zero-order valence-corrected chi connectivity index (χ0v) is 9.74. The summed E-state index contributed by atoms with van der Waals surface area (Å²) in [5.74, 6) is 0. The smallest absolute Gasteiger partial charge is 0.0397 e. The summed E-state index contributed by atoms with van der Waals surface area (Å²) in [6.45, 7) is 8.83. The van der Waals surface area contributed by atoms with Crippen LogP contribution in [-0.4, -0.2) is 0 Å². The lowest BCUT2D eigenvalue weighted by Gasteiger charge is -2.22. The van der Waals surface area contributed by atoms with Crippen LogP contribution in [0.5, 0.6) is 0 Å². The summed E-state index contributed by atoms with van der Waals surface area (Å²) in [7, 11) is 0. The summed E-state index contributed by atoms with van der Waals surface area (Å²) < 4.78 is 0. The van der Waals surface area contributed by atoms with Gasteiger partial charge in [-0.25, -0.2) is 0 Å². The van der Waals surface area contributed by atoms with Crippen molar-refractivity contribution in [3.63, 3.8) is 0 Å². The van der Waals surface area contributed by atoms with Crippen molar-refractivity contribution in [2.75, 3.05) is 0 Å². The fourth-order valence-corrected chi connectivity index (χ4v) is 2.45. The molecule has 1 rings (SSSR count). The molecule has 0 aliphatic carbocycles. The Balaban J connectivity index is 2.69. The number of nitrogens with two attached hydrogens (primary N) is 1. The first kappa shape index (κ1) is 10.7. The molecule has 1 heterocycles. The van der Waals surface area contributed by atoms with Crippen LogP contribution in [0, 0.1) is 12.3 Å². The minimum Gasteiger partial charge on any atom is -0.323 e. The summed E-state index contributed by atoms with van der Waals surface area (Å²) in [5.41, 5.74) is 7.79. The van der Waals surface area contributed by atoms with Gasteiger partial charge in [-0.2, -0.15) is 0 Å². The number of thiophene rings is 1. The standard InChI is InChI=1S/C11H19NS/c1-8-5-6-13-10(8)9(12)7-11(2,3)4/h5-6,9H,7,12H2,1-4H3/t9-/m1/s1. The van der Waals surface area contributed by atoms with Gasteiger partial charge >= 0.3 is 0 Å². The van der Waals surface area contributed by atoms with Crippen LogP contribution in [0.15, 0.2) is 11.4 Å². The molecular formula is C11H19NS. The monoisotopic (exact) mass is 197 g/mol. The molecule has 1 nitrogen and oxygen atoms in total. The van der Waals surface area contributed by atoms with Gasteiger partial charge in [0.15, 0.2) is 0 Å². The maximum Gasteiger partial charge on any atom is 0.0397 e.